The molecule has 3 aromatic rings. The summed E-state index contributed by atoms with van der Waals surface area (Å²) in [6.45, 7) is 7.45. The molecular formula is C17H19N3O3S. The molecule has 3 rings (SSSR count). The molecule has 0 aliphatic heterocycles. The van der Waals surface area contributed by atoms with Gasteiger partial charge in [0.1, 0.15) is 0 Å². The van der Waals surface area contributed by atoms with Gasteiger partial charge in [-0.1, -0.05) is 5.16 Å². The fourth-order valence-corrected chi connectivity index (χ4v) is 3.58. The fourth-order valence-electron chi connectivity index (χ4n) is 2.64. The molecule has 7 heteroatoms. The van der Waals surface area contributed by atoms with Crippen molar-refractivity contribution in [2.45, 2.75) is 33.7 Å². The van der Waals surface area contributed by atoms with Gasteiger partial charge in [-0.25, -0.2) is 4.98 Å². The normalized spacial score (nSPS) is 12.5. The molecule has 1 unspecified atom stereocenters. The summed E-state index contributed by atoms with van der Waals surface area (Å²) in [5.74, 6) is -0.277. The summed E-state index contributed by atoms with van der Waals surface area (Å²) in [6, 6.07) is 3.48. The molecule has 24 heavy (non-hydrogen) atoms. The van der Waals surface area contributed by atoms with Crippen LogP contribution in [0.1, 0.15) is 32.7 Å². The first kappa shape index (κ1) is 16.6. The number of hydrogen-bond donors (Lipinski definition) is 2. The molecule has 2 N–H and O–H groups in total. The minimum absolute atomic E-state index is 0.127. The van der Waals surface area contributed by atoms with Gasteiger partial charge in [-0.05, 0) is 39.8 Å². The zero-order chi connectivity index (χ0) is 17.4. The minimum Gasteiger partial charge on any atom is -0.394 e. The second-order valence-electron chi connectivity index (χ2n) is 5.89. The van der Waals surface area contributed by atoms with Crippen LogP contribution in [0.5, 0.6) is 0 Å². The van der Waals surface area contributed by atoms with Crippen LogP contribution in [-0.2, 0) is 0 Å². The van der Waals surface area contributed by atoms with Gasteiger partial charge in [0.15, 0.2) is 0 Å². The third kappa shape index (κ3) is 2.92. The molecule has 0 saturated carbocycles. The predicted octanol–water partition coefficient (Wildman–Crippen LogP) is 2.99. The largest absolute Gasteiger partial charge is 0.394 e. The van der Waals surface area contributed by atoms with Gasteiger partial charge in [-0.15, -0.1) is 11.3 Å². The molecule has 0 fully saturated rings. The van der Waals surface area contributed by atoms with Crippen molar-refractivity contribution in [3.63, 3.8) is 0 Å². The average Bonchev–Trinajstić information content (AvgIpc) is 3.08. The Balaban J connectivity index is 2.17. The molecule has 3 heterocycles. The minimum atomic E-state index is -0.338. The number of aliphatic hydroxyl groups is 1. The van der Waals surface area contributed by atoms with E-state index in [0.29, 0.717) is 28.1 Å². The zero-order valence-electron chi connectivity index (χ0n) is 14.0. The summed E-state index contributed by atoms with van der Waals surface area (Å²) in [4.78, 5) is 19.5. The van der Waals surface area contributed by atoms with E-state index in [2.05, 4.69) is 21.5 Å². The number of amides is 1. The van der Waals surface area contributed by atoms with E-state index in [1.807, 2.05) is 13.8 Å². The molecule has 1 atom stereocenters. The van der Waals surface area contributed by atoms with E-state index in [0.717, 1.165) is 10.4 Å². The number of fused-ring (bicyclic) bond motifs is 1. The number of hydrogen-bond acceptors (Lipinski definition) is 6. The van der Waals surface area contributed by atoms with E-state index < -0.39 is 0 Å². The summed E-state index contributed by atoms with van der Waals surface area (Å²) >= 11 is 1.68. The Morgan fingerprint density at radius 2 is 2.12 bits per heavy atom. The van der Waals surface area contributed by atoms with Crippen molar-refractivity contribution in [3.8, 4) is 11.3 Å². The maximum absolute atomic E-state index is 12.6. The highest BCUT2D eigenvalue weighted by molar-refractivity contribution is 7.12. The number of pyridine rings is 1. The number of aryl methyl sites for hydroxylation is 3. The number of carbonyl (C=O) groups is 1. The lowest BCUT2D eigenvalue weighted by Crippen LogP contribution is -2.35. The molecular weight excluding hydrogens is 326 g/mol. The highest BCUT2D eigenvalue weighted by atomic mass is 32.1. The van der Waals surface area contributed by atoms with Gasteiger partial charge in [0.05, 0.1) is 28.9 Å². The van der Waals surface area contributed by atoms with Crippen molar-refractivity contribution in [2.24, 2.45) is 0 Å². The highest BCUT2D eigenvalue weighted by Crippen LogP contribution is 2.32. The Morgan fingerprint density at radius 1 is 1.38 bits per heavy atom. The molecule has 0 bridgehead atoms. The molecule has 0 aromatic carbocycles. The van der Waals surface area contributed by atoms with E-state index in [4.69, 9.17) is 4.52 Å². The van der Waals surface area contributed by atoms with Crippen LogP contribution in [0.4, 0.5) is 0 Å². The summed E-state index contributed by atoms with van der Waals surface area (Å²) in [5.41, 5.74) is 3.08. The Bertz CT molecular complexity index is 913. The summed E-state index contributed by atoms with van der Waals surface area (Å²) < 4.78 is 5.29. The van der Waals surface area contributed by atoms with E-state index in [1.165, 1.54) is 4.88 Å². The molecule has 6 nitrogen and oxygen atoms in total. The number of thiophene rings is 1. The van der Waals surface area contributed by atoms with Crippen molar-refractivity contribution in [1.29, 1.82) is 0 Å². The van der Waals surface area contributed by atoms with Crippen LogP contribution in [0.3, 0.4) is 0 Å². The average molecular weight is 345 g/mol. The van der Waals surface area contributed by atoms with Gasteiger partial charge in [0.25, 0.3) is 11.6 Å². The molecule has 0 aliphatic carbocycles. The second-order valence-corrected chi connectivity index (χ2v) is 7.35. The Kier molecular flexibility index (Phi) is 4.38. The van der Waals surface area contributed by atoms with Crippen LogP contribution in [-0.4, -0.2) is 33.8 Å². The van der Waals surface area contributed by atoms with Crippen LogP contribution >= 0.6 is 11.3 Å². The number of rotatable bonds is 4. The Morgan fingerprint density at radius 3 is 2.75 bits per heavy atom. The van der Waals surface area contributed by atoms with Crippen LogP contribution in [0, 0.1) is 20.8 Å². The second kappa shape index (κ2) is 6.33. The first-order chi connectivity index (χ1) is 11.4. The van der Waals surface area contributed by atoms with Gasteiger partial charge < -0.3 is 14.9 Å². The maximum atomic E-state index is 12.6. The van der Waals surface area contributed by atoms with Gasteiger partial charge in [0, 0.05) is 21.4 Å². The van der Waals surface area contributed by atoms with Crippen molar-refractivity contribution < 1.29 is 14.4 Å². The standard InChI is InChI=1S/C17H19N3O3S/c1-8(7-21)18-16(22)13-6-14(12-5-9(2)24-11(12)4)19-17-15(13)10(3)20-23-17/h5-6,8,21H,7H2,1-4H3,(H,18,22). The summed E-state index contributed by atoms with van der Waals surface area (Å²) in [5, 5.41) is 16.5. The van der Waals surface area contributed by atoms with Crippen LogP contribution < -0.4 is 5.32 Å². The van der Waals surface area contributed by atoms with E-state index in [9.17, 15) is 9.90 Å². The van der Waals surface area contributed by atoms with Crippen molar-refractivity contribution in [1.82, 2.24) is 15.5 Å². The lowest BCUT2D eigenvalue weighted by molar-refractivity contribution is 0.0924. The first-order valence-electron chi connectivity index (χ1n) is 7.67. The lowest BCUT2D eigenvalue weighted by atomic mass is 10.1. The van der Waals surface area contributed by atoms with Crippen LogP contribution in [0.15, 0.2) is 16.7 Å². The maximum Gasteiger partial charge on any atom is 0.259 e. The van der Waals surface area contributed by atoms with Crippen LogP contribution in [0.25, 0.3) is 22.4 Å². The van der Waals surface area contributed by atoms with E-state index >= 15 is 0 Å². The number of carbonyl (C=O) groups excluding carboxylic acids is 1. The van der Waals surface area contributed by atoms with Gasteiger partial charge in [-0.3, -0.25) is 4.79 Å². The predicted molar refractivity (Wildman–Crippen MR) is 93.3 cm³/mol. The van der Waals surface area contributed by atoms with E-state index in [-0.39, 0.29) is 18.6 Å². The van der Waals surface area contributed by atoms with Gasteiger partial charge in [0.2, 0.25) is 0 Å². The molecule has 0 aliphatic rings. The summed E-state index contributed by atoms with van der Waals surface area (Å²) in [6.07, 6.45) is 0. The molecule has 1 amide bonds. The first-order valence-corrected chi connectivity index (χ1v) is 8.48. The highest BCUT2D eigenvalue weighted by Gasteiger charge is 2.21. The third-order valence-electron chi connectivity index (χ3n) is 3.83. The fraction of sp³-hybridized carbons (Fsp3) is 0.353. The van der Waals surface area contributed by atoms with E-state index in [1.54, 1.807) is 31.3 Å². The zero-order valence-corrected chi connectivity index (χ0v) is 14.8. The molecule has 0 spiro atoms. The number of aromatic nitrogens is 2. The monoisotopic (exact) mass is 345 g/mol. The lowest BCUT2D eigenvalue weighted by Gasteiger charge is -2.12. The summed E-state index contributed by atoms with van der Waals surface area (Å²) in [7, 11) is 0. The van der Waals surface area contributed by atoms with Crippen molar-refractivity contribution in [3.05, 3.63) is 33.1 Å². The Labute approximate surface area is 143 Å². The molecule has 0 saturated heterocycles. The topological polar surface area (TPSA) is 88.2 Å². The van der Waals surface area contributed by atoms with Gasteiger partial charge >= 0.3 is 0 Å². The number of nitrogens with one attached hydrogen (secondary N) is 1. The number of aliphatic hydroxyl groups excluding tert-OH is 1. The Hall–Kier alpha value is -2.25. The molecule has 126 valence electrons. The molecule has 3 aromatic heterocycles. The quantitative estimate of drug-likeness (QED) is 0.759. The smallest absolute Gasteiger partial charge is 0.259 e. The van der Waals surface area contributed by atoms with Crippen molar-refractivity contribution >= 4 is 28.3 Å². The third-order valence-corrected chi connectivity index (χ3v) is 4.80. The number of nitrogens with zero attached hydrogens (tertiary/aromatic N) is 2. The SMILES string of the molecule is Cc1cc(-c2cc(C(=O)NC(C)CO)c3c(C)noc3n2)c(C)s1. The van der Waals surface area contributed by atoms with Crippen molar-refractivity contribution in [2.75, 3.05) is 6.61 Å². The molecule has 0 radical (unpaired) electrons. The van der Waals surface area contributed by atoms with Gasteiger partial charge in [-0.2, -0.15) is 0 Å². The van der Waals surface area contributed by atoms with Crippen LogP contribution in [0.2, 0.25) is 0 Å².